The number of carbonyl (C=O) groups excluding carboxylic acids is 1. The van der Waals surface area contributed by atoms with Crippen LogP contribution >= 0.6 is 0 Å². The molecular weight excluding hydrogens is 280 g/mol. The first-order chi connectivity index (χ1) is 10.1. The maximum absolute atomic E-state index is 11.7. The molecule has 0 aliphatic carbocycles. The van der Waals surface area contributed by atoms with Crippen LogP contribution in [0.15, 0.2) is 0 Å². The van der Waals surface area contributed by atoms with E-state index in [0.717, 1.165) is 12.8 Å². The lowest BCUT2D eigenvalue weighted by Crippen LogP contribution is -2.57. The fraction of sp³-hybridized carbons (Fsp3) is 0.846. The third-order valence-corrected chi connectivity index (χ3v) is 3.22. The van der Waals surface area contributed by atoms with Crippen LogP contribution in [0, 0.1) is 0 Å². The number of methoxy groups -OCH3 is 1. The second-order valence-corrected chi connectivity index (χ2v) is 4.88. The van der Waals surface area contributed by atoms with Crippen molar-refractivity contribution in [2.45, 2.75) is 24.8 Å². The van der Waals surface area contributed by atoms with Gasteiger partial charge in [-0.05, 0) is 12.8 Å². The van der Waals surface area contributed by atoms with Gasteiger partial charge in [-0.15, -0.1) is 0 Å². The van der Waals surface area contributed by atoms with Crippen molar-refractivity contribution in [3.63, 3.8) is 0 Å². The number of nitrogens with one attached hydrogen (secondary N) is 2. The van der Waals surface area contributed by atoms with E-state index >= 15 is 0 Å². The zero-order valence-corrected chi connectivity index (χ0v) is 12.4. The average molecular weight is 304 g/mol. The summed E-state index contributed by atoms with van der Waals surface area (Å²) in [6.07, 6.45) is 1.86. The molecule has 3 N–H and O–H groups in total. The number of hydrogen-bond donors (Lipinski definition) is 3. The Hall–Kier alpha value is -1.38. The predicted molar refractivity (Wildman–Crippen MR) is 74.3 cm³/mol. The molecule has 1 aliphatic rings. The van der Waals surface area contributed by atoms with Gasteiger partial charge >= 0.3 is 12.0 Å². The lowest BCUT2D eigenvalue weighted by molar-refractivity contribution is -0.144. The third kappa shape index (κ3) is 6.28. The van der Waals surface area contributed by atoms with Crippen molar-refractivity contribution in [1.29, 1.82) is 0 Å². The number of amides is 2. The van der Waals surface area contributed by atoms with Gasteiger partial charge in [0, 0.05) is 33.3 Å². The van der Waals surface area contributed by atoms with Gasteiger partial charge in [0.15, 0.2) is 5.54 Å². The number of unbranched alkanes of at least 4 members (excludes halogenated alkanes) is 1. The number of carbonyl (C=O) groups is 2. The summed E-state index contributed by atoms with van der Waals surface area (Å²) in [6, 6.07) is -0.483. The van der Waals surface area contributed by atoms with Crippen LogP contribution in [0.5, 0.6) is 0 Å². The quantitative estimate of drug-likeness (QED) is 0.490. The molecule has 0 aromatic carbocycles. The first-order valence-corrected chi connectivity index (χ1v) is 7.04. The first kappa shape index (κ1) is 17.7. The Kier molecular flexibility index (Phi) is 8.03. The highest BCUT2D eigenvalue weighted by Gasteiger charge is 2.43. The molecule has 8 heteroatoms. The predicted octanol–water partition coefficient (Wildman–Crippen LogP) is -0.0275. The van der Waals surface area contributed by atoms with E-state index in [0.29, 0.717) is 33.0 Å². The van der Waals surface area contributed by atoms with Gasteiger partial charge in [0.2, 0.25) is 0 Å². The van der Waals surface area contributed by atoms with Gasteiger partial charge in [0.25, 0.3) is 0 Å². The van der Waals surface area contributed by atoms with Crippen LogP contribution in [-0.2, 0) is 19.0 Å². The van der Waals surface area contributed by atoms with Crippen molar-refractivity contribution in [2.24, 2.45) is 0 Å². The Labute approximate surface area is 124 Å². The van der Waals surface area contributed by atoms with Crippen molar-refractivity contribution in [2.75, 3.05) is 46.7 Å². The molecule has 0 radical (unpaired) electrons. The van der Waals surface area contributed by atoms with Crippen LogP contribution in [0.3, 0.4) is 0 Å². The van der Waals surface area contributed by atoms with Gasteiger partial charge in [0.05, 0.1) is 19.8 Å². The van der Waals surface area contributed by atoms with E-state index in [-0.39, 0.29) is 13.0 Å². The number of rotatable bonds is 10. The minimum absolute atomic E-state index is 0.00307. The SMILES string of the molecule is COCCOCCCCNC(=O)NC1(C(=O)O)CCOC1. The Morgan fingerprint density at radius 3 is 2.71 bits per heavy atom. The van der Waals surface area contributed by atoms with Gasteiger partial charge in [0.1, 0.15) is 0 Å². The van der Waals surface area contributed by atoms with Gasteiger partial charge in [-0.1, -0.05) is 0 Å². The molecule has 0 spiro atoms. The van der Waals surface area contributed by atoms with Crippen molar-refractivity contribution in [3.05, 3.63) is 0 Å². The van der Waals surface area contributed by atoms with Crippen LogP contribution in [0.4, 0.5) is 4.79 Å². The van der Waals surface area contributed by atoms with Crippen molar-refractivity contribution < 1.29 is 28.9 Å². The maximum atomic E-state index is 11.7. The van der Waals surface area contributed by atoms with E-state index in [4.69, 9.17) is 14.2 Å². The molecule has 122 valence electrons. The molecule has 8 nitrogen and oxygen atoms in total. The molecule has 0 aromatic rings. The molecule has 1 rings (SSSR count). The second kappa shape index (κ2) is 9.54. The van der Waals surface area contributed by atoms with Crippen molar-refractivity contribution >= 4 is 12.0 Å². The van der Waals surface area contributed by atoms with E-state index in [1.54, 1.807) is 7.11 Å². The molecule has 1 unspecified atom stereocenters. The number of aliphatic carboxylic acids is 1. The van der Waals surface area contributed by atoms with Crippen molar-refractivity contribution in [1.82, 2.24) is 10.6 Å². The fourth-order valence-corrected chi connectivity index (χ4v) is 1.92. The zero-order valence-electron chi connectivity index (χ0n) is 12.4. The summed E-state index contributed by atoms with van der Waals surface area (Å²) in [5, 5.41) is 14.3. The van der Waals surface area contributed by atoms with E-state index in [9.17, 15) is 14.7 Å². The molecule has 0 bridgehead atoms. The van der Waals surface area contributed by atoms with Gasteiger partial charge in [-0.25, -0.2) is 9.59 Å². The summed E-state index contributed by atoms with van der Waals surface area (Å²) in [5.74, 6) is -1.07. The number of hydrogen-bond acceptors (Lipinski definition) is 5. The molecule has 0 aromatic heterocycles. The largest absolute Gasteiger partial charge is 0.479 e. The summed E-state index contributed by atoms with van der Waals surface area (Å²) in [7, 11) is 1.62. The molecule has 1 fully saturated rings. The van der Waals surface area contributed by atoms with E-state index in [1.165, 1.54) is 0 Å². The van der Waals surface area contributed by atoms with E-state index < -0.39 is 17.5 Å². The summed E-state index contributed by atoms with van der Waals surface area (Å²) < 4.78 is 15.2. The van der Waals surface area contributed by atoms with Gasteiger partial charge in [-0.2, -0.15) is 0 Å². The lowest BCUT2D eigenvalue weighted by atomic mass is 9.99. The lowest BCUT2D eigenvalue weighted by Gasteiger charge is -2.23. The van der Waals surface area contributed by atoms with Crippen LogP contribution < -0.4 is 10.6 Å². The molecule has 2 amide bonds. The number of carboxylic acids is 1. The number of urea groups is 1. The van der Waals surface area contributed by atoms with Crippen LogP contribution in [0.2, 0.25) is 0 Å². The fourth-order valence-electron chi connectivity index (χ4n) is 1.92. The Bertz CT molecular complexity index is 331. The second-order valence-electron chi connectivity index (χ2n) is 4.88. The number of carboxylic acid groups (broad SMARTS) is 1. The maximum Gasteiger partial charge on any atom is 0.332 e. The Morgan fingerprint density at radius 2 is 2.10 bits per heavy atom. The topological polar surface area (TPSA) is 106 Å². The highest BCUT2D eigenvalue weighted by Crippen LogP contribution is 2.18. The first-order valence-electron chi connectivity index (χ1n) is 7.04. The Balaban J connectivity index is 2.09. The van der Waals surface area contributed by atoms with E-state index in [2.05, 4.69) is 10.6 Å². The smallest absolute Gasteiger partial charge is 0.332 e. The third-order valence-electron chi connectivity index (χ3n) is 3.22. The minimum atomic E-state index is -1.30. The summed E-state index contributed by atoms with van der Waals surface area (Å²) in [5.41, 5.74) is -1.30. The Morgan fingerprint density at radius 1 is 1.29 bits per heavy atom. The summed E-state index contributed by atoms with van der Waals surface area (Å²) in [4.78, 5) is 22.9. The molecule has 0 saturated carbocycles. The van der Waals surface area contributed by atoms with Gasteiger partial charge < -0.3 is 30.0 Å². The highest BCUT2D eigenvalue weighted by molar-refractivity contribution is 5.86. The van der Waals surface area contributed by atoms with E-state index in [1.807, 2.05) is 0 Å². The summed E-state index contributed by atoms with van der Waals surface area (Å²) >= 11 is 0. The molecule has 1 atom stereocenters. The van der Waals surface area contributed by atoms with Crippen LogP contribution in [0.25, 0.3) is 0 Å². The monoisotopic (exact) mass is 304 g/mol. The summed E-state index contributed by atoms with van der Waals surface area (Å²) in [6.45, 7) is 2.55. The highest BCUT2D eigenvalue weighted by atomic mass is 16.5. The molecular formula is C13H24N2O6. The molecule has 1 aliphatic heterocycles. The van der Waals surface area contributed by atoms with Crippen molar-refractivity contribution in [3.8, 4) is 0 Å². The molecule has 1 saturated heterocycles. The average Bonchev–Trinajstić information content (AvgIpc) is 2.91. The molecule has 1 heterocycles. The minimum Gasteiger partial charge on any atom is -0.479 e. The van der Waals surface area contributed by atoms with Crippen LogP contribution in [0.1, 0.15) is 19.3 Å². The standard InChI is InChI=1S/C13H24N2O6/c1-19-8-9-20-6-3-2-5-14-12(18)15-13(11(16)17)4-7-21-10-13/h2-10H2,1H3,(H,16,17)(H2,14,15,18). The van der Waals surface area contributed by atoms with Gasteiger partial charge in [-0.3, -0.25) is 0 Å². The molecule has 21 heavy (non-hydrogen) atoms. The van der Waals surface area contributed by atoms with Crippen LogP contribution in [-0.4, -0.2) is 69.3 Å². The normalized spacial score (nSPS) is 21.2. The zero-order chi connectivity index (χ0) is 15.6. The number of ether oxygens (including phenoxy) is 3.